The first-order valence-corrected chi connectivity index (χ1v) is 11.3. The van der Waals surface area contributed by atoms with Crippen molar-refractivity contribution in [1.82, 2.24) is 25.0 Å². The molecule has 0 N–H and O–H groups in total. The molecule has 6 nitrogen and oxygen atoms in total. The van der Waals surface area contributed by atoms with E-state index in [0.29, 0.717) is 12.0 Å². The first kappa shape index (κ1) is 20.0. The van der Waals surface area contributed by atoms with Gasteiger partial charge < -0.3 is 4.52 Å². The second-order valence-corrected chi connectivity index (χ2v) is 8.51. The number of nitrogens with zero attached hydrogens (tertiary/aromatic N) is 5. The Morgan fingerprint density at radius 3 is 2.55 bits per heavy atom. The van der Waals surface area contributed by atoms with Crippen LogP contribution in [0.3, 0.4) is 0 Å². The van der Waals surface area contributed by atoms with Crippen LogP contribution in [-0.4, -0.2) is 37.3 Å². The highest BCUT2D eigenvalue weighted by molar-refractivity contribution is 7.98. The molecule has 4 rings (SSSR count). The summed E-state index contributed by atoms with van der Waals surface area (Å²) in [6.07, 6.45) is 14.3. The monoisotopic (exact) mass is 409 g/mol. The normalized spacial score (nSPS) is 19.1. The van der Waals surface area contributed by atoms with Gasteiger partial charge >= 0.3 is 0 Å². The third-order valence-electron chi connectivity index (χ3n) is 5.61. The van der Waals surface area contributed by atoms with E-state index in [2.05, 4.69) is 43.2 Å². The van der Waals surface area contributed by atoms with Crippen LogP contribution in [-0.2, 0) is 19.5 Å². The van der Waals surface area contributed by atoms with Gasteiger partial charge in [-0.1, -0.05) is 23.3 Å². The SMILES string of the molecule is CSc1ncc(CN(Cc2ccncc2)[C@@H]2CCC[C@H]2Cc2cc(C)no2)cn1. The molecule has 3 heterocycles. The lowest BCUT2D eigenvalue weighted by atomic mass is 9.96. The zero-order valence-corrected chi connectivity index (χ0v) is 17.8. The highest BCUT2D eigenvalue weighted by Crippen LogP contribution is 2.34. The molecule has 1 fully saturated rings. The van der Waals surface area contributed by atoms with Crippen molar-refractivity contribution in [1.29, 1.82) is 0 Å². The summed E-state index contributed by atoms with van der Waals surface area (Å²) in [4.78, 5) is 15.7. The molecule has 29 heavy (non-hydrogen) atoms. The maximum Gasteiger partial charge on any atom is 0.187 e. The van der Waals surface area contributed by atoms with Crippen LogP contribution in [0.2, 0.25) is 0 Å². The summed E-state index contributed by atoms with van der Waals surface area (Å²) in [6, 6.07) is 6.76. The van der Waals surface area contributed by atoms with E-state index < -0.39 is 0 Å². The average Bonchev–Trinajstić information content (AvgIpc) is 3.38. The second-order valence-electron chi connectivity index (χ2n) is 7.74. The molecule has 7 heteroatoms. The largest absolute Gasteiger partial charge is 0.361 e. The Morgan fingerprint density at radius 1 is 1.10 bits per heavy atom. The summed E-state index contributed by atoms with van der Waals surface area (Å²) < 4.78 is 5.52. The fourth-order valence-electron chi connectivity index (χ4n) is 4.28. The lowest BCUT2D eigenvalue weighted by Gasteiger charge is -2.33. The molecule has 3 aromatic heterocycles. The van der Waals surface area contributed by atoms with Crippen LogP contribution in [0.5, 0.6) is 0 Å². The van der Waals surface area contributed by atoms with Gasteiger partial charge in [0.2, 0.25) is 0 Å². The van der Waals surface area contributed by atoms with E-state index in [9.17, 15) is 0 Å². The second kappa shape index (κ2) is 9.50. The molecular weight excluding hydrogens is 382 g/mol. The van der Waals surface area contributed by atoms with Gasteiger partial charge in [0.05, 0.1) is 5.69 Å². The van der Waals surface area contributed by atoms with E-state index in [1.807, 2.05) is 38.0 Å². The molecule has 0 aromatic carbocycles. The number of thioether (sulfide) groups is 1. The highest BCUT2D eigenvalue weighted by Gasteiger charge is 2.33. The van der Waals surface area contributed by atoms with E-state index >= 15 is 0 Å². The molecule has 0 unspecified atom stereocenters. The van der Waals surface area contributed by atoms with Crippen molar-refractivity contribution in [3.05, 3.63) is 65.6 Å². The lowest BCUT2D eigenvalue weighted by molar-refractivity contribution is 0.138. The van der Waals surface area contributed by atoms with Crippen LogP contribution >= 0.6 is 11.8 Å². The fraction of sp³-hybridized carbons (Fsp3) is 0.455. The molecule has 3 aromatic rings. The summed E-state index contributed by atoms with van der Waals surface area (Å²) in [5.41, 5.74) is 3.38. The van der Waals surface area contributed by atoms with E-state index in [4.69, 9.17) is 4.52 Å². The Morgan fingerprint density at radius 2 is 1.86 bits per heavy atom. The van der Waals surface area contributed by atoms with Crippen LogP contribution in [0.4, 0.5) is 0 Å². The van der Waals surface area contributed by atoms with E-state index in [1.165, 1.54) is 24.8 Å². The van der Waals surface area contributed by atoms with Gasteiger partial charge in [-0.15, -0.1) is 0 Å². The smallest absolute Gasteiger partial charge is 0.187 e. The summed E-state index contributed by atoms with van der Waals surface area (Å²) in [6.45, 7) is 3.71. The Bertz CT molecular complexity index is 899. The van der Waals surface area contributed by atoms with E-state index in [0.717, 1.165) is 41.7 Å². The number of aryl methyl sites for hydroxylation is 1. The maximum absolute atomic E-state index is 5.52. The first-order chi connectivity index (χ1) is 14.2. The zero-order chi connectivity index (χ0) is 20.1. The van der Waals surface area contributed by atoms with Crippen LogP contribution in [0.1, 0.15) is 41.8 Å². The van der Waals surface area contributed by atoms with Gasteiger partial charge in [-0.05, 0) is 49.6 Å². The van der Waals surface area contributed by atoms with Gasteiger partial charge in [-0.2, -0.15) is 0 Å². The highest BCUT2D eigenvalue weighted by atomic mass is 32.2. The summed E-state index contributed by atoms with van der Waals surface area (Å²) in [5.74, 6) is 1.56. The van der Waals surface area contributed by atoms with Gasteiger partial charge in [-0.3, -0.25) is 9.88 Å². The molecule has 0 amide bonds. The van der Waals surface area contributed by atoms with Gasteiger partial charge in [-0.25, -0.2) is 9.97 Å². The predicted molar refractivity (Wildman–Crippen MR) is 113 cm³/mol. The standard InChI is InChI=1S/C22H27N5OS/c1-16-10-20(28-26-16)11-19-4-3-5-21(19)27(14-17-6-8-23-9-7-17)15-18-12-24-22(29-2)25-13-18/h6-10,12-13,19,21H,3-5,11,14-15H2,1-2H3/t19-,21+/m0/s1. The molecule has 0 aliphatic heterocycles. The molecule has 2 atom stereocenters. The summed E-state index contributed by atoms with van der Waals surface area (Å²) >= 11 is 1.57. The van der Waals surface area contributed by atoms with E-state index in [1.54, 1.807) is 11.8 Å². The van der Waals surface area contributed by atoms with Crippen LogP contribution in [0, 0.1) is 12.8 Å². The van der Waals surface area contributed by atoms with Gasteiger partial charge in [0.25, 0.3) is 0 Å². The summed E-state index contributed by atoms with van der Waals surface area (Å²) in [7, 11) is 0. The molecule has 0 spiro atoms. The minimum atomic E-state index is 0.494. The van der Waals surface area contributed by atoms with Crippen molar-refractivity contribution in [2.45, 2.75) is 56.9 Å². The molecule has 1 aliphatic rings. The van der Waals surface area contributed by atoms with Crippen molar-refractivity contribution in [3.63, 3.8) is 0 Å². The third kappa shape index (κ3) is 5.22. The minimum absolute atomic E-state index is 0.494. The number of pyridine rings is 1. The molecule has 1 aliphatic carbocycles. The summed E-state index contributed by atoms with van der Waals surface area (Å²) in [5, 5.41) is 4.88. The Balaban J connectivity index is 1.54. The van der Waals surface area contributed by atoms with Crippen LogP contribution < -0.4 is 0 Å². The van der Waals surface area contributed by atoms with Crippen molar-refractivity contribution >= 4 is 11.8 Å². The zero-order valence-electron chi connectivity index (χ0n) is 17.0. The Labute approximate surface area is 176 Å². The lowest BCUT2D eigenvalue weighted by Crippen LogP contribution is -2.37. The average molecular weight is 410 g/mol. The Hall–Kier alpha value is -2.25. The maximum atomic E-state index is 5.52. The van der Waals surface area contributed by atoms with Crippen LogP contribution in [0.25, 0.3) is 0 Å². The number of hydrogen-bond donors (Lipinski definition) is 0. The van der Waals surface area contributed by atoms with Gasteiger partial charge in [0.15, 0.2) is 5.16 Å². The minimum Gasteiger partial charge on any atom is -0.361 e. The van der Waals surface area contributed by atoms with Crippen molar-refractivity contribution < 1.29 is 4.52 Å². The molecule has 152 valence electrons. The first-order valence-electron chi connectivity index (χ1n) is 10.1. The fourth-order valence-corrected chi connectivity index (χ4v) is 4.60. The number of aromatic nitrogens is 4. The number of hydrogen-bond acceptors (Lipinski definition) is 7. The van der Waals surface area contributed by atoms with Crippen molar-refractivity contribution in [3.8, 4) is 0 Å². The quantitative estimate of drug-likeness (QED) is 0.406. The predicted octanol–water partition coefficient (Wildman–Crippen LogP) is 4.30. The Kier molecular flexibility index (Phi) is 6.56. The molecule has 0 radical (unpaired) electrons. The molecule has 1 saturated carbocycles. The number of rotatable bonds is 8. The molecule has 0 saturated heterocycles. The molecule has 0 bridgehead atoms. The van der Waals surface area contributed by atoms with E-state index in [-0.39, 0.29) is 0 Å². The van der Waals surface area contributed by atoms with Crippen LogP contribution in [0.15, 0.2) is 52.7 Å². The van der Waals surface area contributed by atoms with Crippen molar-refractivity contribution in [2.24, 2.45) is 5.92 Å². The van der Waals surface area contributed by atoms with Gasteiger partial charge in [0, 0.05) is 62.0 Å². The van der Waals surface area contributed by atoms with Crippen molar-refractivity contribution in [2.75, 3.05) is 6.26 Å². The van der Waals surface area contributed by atoms with Gasteiger partial charge in [0.1, 0.15) is 5.76 Å². The molecular formula is C22H27N5OS. The topological polar surface area (TPSA) is 67.9 Å². The third-order valence-corrected chi connectivity index (χ3v) is 6.19.